The number of hydrogen-bond donors (Lipinski definition) is 0. The van der Waals surface area contributed by atoms with Crippen molar-refractivity contribution in [2.24, 2.45) is 35.5 Å². The van der Waals surface area contributed by atoms with Gasteiger partial charge in [-0.25, -0.2) is 17.5 Å². The maximum atomic E-state index is 13.0. The van der Waals surface area contributed by atoms with Crippen LogP contribution >= 0.6 is 0 Å². The summed E-state index contributed by atoms with van der Waals surface area (Å²) < 4.78 is 40.2. The fourth-order valence-electron chi connectivity index (χ4n) is 21.1. The molecular weight excluding hydrogens is 1570 g/mol. The zero-order valence-electron chi connectivity index (χ0n) is 75.6. The Morgan fingerprint density at radius 2 is 0.715 bits per heavy atom. The highest BCUT2D eigenvalue weighted by molar-refractivity contribution is 7.88. The van der Waals surface area contributed by atoms with Gasteiger partial charge in [-0.2, -0.15) is 5.06 Å². The summed E-state index contributed by atoms with van der Waals surface area (Å²) in [5.41, 5.74) is 23.0. The molecule has 10 aliphatic rings. The number of hydroxylamine groups is 2. The molecule has 1 amide bonds. The van der Waals surface area contributed by atoms with Crippen LogP contribution in [0.25, 0.3) is 0 Å². The standard InChI is InChI=1S/C21H25NO4.C21H27NO3.C21H28O3.C20H25NO4S.C19H22O3/c1-12-7-13(2)18(14(3)8-12)19-17(23)10-16(20(19)24)9-15-5-6-22(11-15)21(25)26-4;1-13-9-14(2)19(15(3)10-13)20-18(23)12-17(21(20)24)11-16-5-7-22(25-4)8-6-16;1-13-10-14(2)19(15(3)11-13)20-18(22)12-17(21(20)23)5-4-16-6-8-24-9-7-16;1-12-7-13(2)18(14(3)8-12)19-17(22)10-16(20(19)23)9-15-5-6-21(11-15)26(4,24)25;1-11-6-12(2)17(13(3)7-11)18-16(20)9-15(19(18)21)8-14-4-5-22-10-14/h7-9,15,19H,5-6,10-11H2,1-4H3;9-11,16,20H,5-8,12H2,1-4H3;10-11,16-17,20H,4-9,12H2,1-3H3;7-9,15,19H,5-6,10-11H2,1-4H3;6-8,14,18H,4-5,9-10H2,1-3H3/b16-9+;17-11+;;16-9+;15-8+. The Hall–Kier alpha value is -9.22. The van der Waals surface area contributed by atoms with Crippen LogP contribution < -0.4 is 0 Å². The Morgan fingerprint density at radius 3 is 1.05 bits per heavy atom. The van der Waals surface area contributed by atoms with Crippen LogP contribution in [0, 0.1) is 139 Å². The quantitative estimate of drug-likeness (QED) is 0.0738. The number of methoxy groups -OCH3 is 1. The summed E-state index contributed by atoms with van der Waals surface area (Å²) in [6.45, 7) is 36.8. The van der Waals surface area contributed by atoms with Gasteiger partial charge in [-0.05, 0) is 285 Å². The third kappa shape index (κ3) is 22.4. The lowest BCUT2D eigenvalue weighted by Crippen LogP contribution is -2.32. The number of aryl methyl sites for hydroxylation is 15. The van der Waals surface area contributed by atoms with Crippen LogP contribution in [0.4, 0.5) is 4.79 Å². The van der Waals surface area contributed by atoms with E-state index in [4.69, 9.17) is 19.0 Å². The number of carbonyl (C=O) groups is 11. The molecule has 5 aromatic rings. The van der Waals surface area contributed by atoms with Crippen molar-refractivity contribution in [3.63, 3.8) is 0 Å². The Kier molecular flexibility index (Phi) is 31.4. The molecule has 5 heterocycles. The third-order valence-corrected chi connectivity index (χ3v) is 28.0. The molecule has 5 aliphatic heterocycles. The zero-order chi connectivity index (χ0) is 89.5. The Bertz CT molecular complexity index is 5130. The lowest BCUT2D eigenvalue weighted by atomic mass is 9.85. The molecule has 5 aliphatic carbocycles. The number of sulfonamides is 1. The fraction of sp³-hybridized carbons (Fsp3) is 0.520. The smallest absolute Gasteiger partial charge is 0.409 e. The van der Waals surface area contributed by atoms with E-state index in [2.05, 4.69) is 49.4 Å². The maximum Gasteiger partial charge on any atom is 0.409 e. The zero-order valence-corrected chi connectivity index (χ0v) is 76.4. The van der Waals surface area contributed by atoms with Crippen molar-refractivity contribution in [1.29, 1.82) is 0 Å². The van der Waals surface area contributed by atoms with E-state index in [1.807, 2.05) is 144 Å². The molecule has 123 heavy (non-hydrogen) atoms. The van der Waals surface area contributed by atoms with Crippen molar-refractivity contribution < 1.29 is 80.2 Å². The van der Waals surface area contributed by atoms with Crippen LogP contribution in [-0.2, 0) is 77.0 Å². The van der Waals surface area contributed by atoms with E-state index in [1.165, 1.54) is 23.2 Å². The van der Waals surface area contributed by atoms with E-state index in [9.17, 15) is 61.2 Å². The average molecular weight is 1700 g/mol. The highest BCUT2D eigenvalue weighted by Gasteiger charge is 2.47. The van der Waals surface area contributed by atoms with Crippen molar-refractivity contribution >= 4 is 73.9 Å². The number of likely N-dealkylation sites (tertiary alicyclic amines) is 1. The van der Waals surface area contributed by atoms with Gasteiger partial charge in [-0.15, -0.1) is 0 Å². The normalized spacial score (nSPS) is 25.5. The lowest BCUT2D eigenvalue weighted by molar-refractivity contribution is -0.145. The fourth-order valence-corrected chi connectivity index (χ4v) is 22.0. The summed E-state index contributed by atoms with van der Waals surface area (Å²) in [6, 6.07) is 20.4. The first-order valence-electron chi connectivity index (χ1n) is 44.0. The number of Topliss-reactive ketones (excluding diaryl/α,β-unsaturated/α-hetero) is 10. The molecule has 0 radical (unpaired) electrons. The van der Waals surface area contributed by atoms with Gasteiger partial charge in [-0.3, -0.25) is 47.9 Å². The van der Waals surface area contributed by atoms with E-state index in [-0.39, 0.29) is 113 Å². The van der Waals surface area contributed by atoms with Crippen molar-refractivity contribution in [1.82, 2.24) is 14.3 Å². The summed E-state index contributed by atoms with van der Waals surface area (Å²) in [7, 11) is -0.156. The molecule has 21 heteroatoms. The topological polar surface area (TPSA) is 269 Å². The predicted octanol–water partition coefficient (Wildman–Crippen LogP) is 16.4. The van der Waals surface area contributed by atoms with Crippen LogP contribution in [0.2, 0.25) is 0 Å². The number of ether oxygens (including phenoxy) is 3. The minimum Gasteiger partial charge on any atom is -0.453 e. The van der Waals surface area contributed by atoms with Gasteiger partial charge in [0, 0.05) is 109 Å². The summed E-state index contributed by atoms with van der Waals surface area (Å²) in [4.78, 5) is 146. The molecule has 9 unspecified atom stereocenters. The van der Waals surface area contributed by atoms with Gasteiger partial charge in [0.15, 0.2) is 52.0 Å². The van der Waals surface area contributed by atoms with Crippen LogP contribution in [0.3, 0.4) is 0 Å². The number of rotatable bonds is 14. The average Bonchev–Trinajstić information content (AvgIpc) is 1.67. The summed E-state index contributed by atoms with van der Waals surface area (Å²) in [5.74, 6) is -1.76. The molecule has 10 fully saturated rings. The van der Waals surface area contributed by atoms with Gasteiger partial charge in [0.2, 0.25) is 10.0 Å². The minimum atomic E-state index is -3.21. The largest absolute Gasteiger partial charge is 0.453 e. The number of allylic oxidation sites excluding steroid dienone is 5. The molecule has 15 rings (SSSR count). The monoisotopic (exact) mass is 1700 g/mol. The molecule has 0 bridgehead atoms. The number of hydrogen-bond acceptors (Lipinski definition) is 18. The molecule has 0 N–H and O–H groups in total. The Morgan fingerprint density at radius 1 is 0.390 bits per heavy atom. The third-order valence-electron chi connectivity index (χ3n) is 26.7. The highest BCUT2D eigenvalue weighted by atomic mass is 32.2. The van der Waals surface area contributed by atoms with Gasteiger partial charge in [0.05, 0.1) is 27.1 Å². The number of ketones is 10. The Balaban J connectivity index is 0.000000150. The van der Waals surface area contributed by atoms with Crippen LogP contribution in [-0.4, -0.2) is 173 Å². The second-order valence-electron chi connectivity index (χ2n) is 36.6. The van der Waals surface area contributed by atoms with Crippen molar-refractivity contribution in [2.45, 2.75) is 223 Å². The van der Waals surface area contributed by atoms with Gasteiger partial charge in [0.25, 0.3) is 0 Å². The van der Waals surface area contributed by atoms with Crippen molar-refractivity contribution in [2.75, 3.05) is 86.2 Å². The molecule has 5 saturated carbocycles. The number of benzene rings is 5. The summed E-state index contributed by atoms with van der Waals surface area (Å²) in [5, 5.41) is 1.94. The van der Waals surface area contributed by atoms with E-state index >= 15 is 0 Å². The van der Waals surface area contributed by atoms with Crippen molar-refractivity contribution in [3.05, 3.63) is 219 Å². The van der Waals surface area contributed by atoms with Crippen LogP contribution in [0.1, 0.15) is 231 Å². The van der Waals surface area contributed by atoms with Gasteiger partial charge in [0.1, 0.15) is 35.4 Å². The summed E-state index contributed by atoms with van der Waals surface area (Å²) >= 11 is 0. The predicted molar refractivity (Wildman–Crippen MR) is 476 cm³/mol. The van der Waals surface area contributed by atoms with Gasteiger partial charge >= 0.3 is 6.09 Å². The molecule has 20 nitrogen and oxygen atoms in total. The maximum absolute atomic E-state index is 13.0. The van der Waals surface area contributed by atoms with Gasteiger partial charge < -0.3 is 23.9 Å². The molecule has 5 saturated heterocycles. The van der Waals surface area contributed by atoms with Crippen LogP contribution in [0.5, 0.6) is 0 Å². The second kappa shape index (κ2) is 40.8. The molecule has 0 aromatic heterocycles. The minimum absolute atomic E-state index is 0.00423. The number of carbonyl (C=O) groups excluding carboxylic acids is 11. The van der Waals surface area contributed by atoms with E-state index in [1.54, 1.807) is 12.0 Å². The first-order valence-corrected chi connectivity index (χ1v) is 45.9. The highest BCUT2D eigenvalue weighted by Crippen LogP contribution is 2.44. The van der Waals surface area contributed by atoms with E-state index < -0.39 is 39.6 Å². The second-order valence-corrected chi connectivity index (χ2v) is 38.6. The first kappa shape index (κ1) is 94.5. The molecule has 9 atom stereocenters. The van der Waals surface area contributed by atoms with E-state index in [0.717, 1.165) is 190 Å². The molecule has 0 spiro atoms. The Labute approximate surface area is 727 Å². The number of nitrogens with zero attached hydrogens (tertiary/aromatic N) is 3. The number of piperidine rings is 1. The summed E-state index contributed by atoms with van der Waals surface area (Å²) in [6.07, 6.45) is 18.4. The molecule has 658 valence electrons. The SMILES string of the molecule is COC(=O)N1CCC(/C=C2\CC(=O)C(c3c(C)cc(C)cc3C)C2=O)C1.CON1CCC(/C=C2\CC(=O)C(c3c(C)cc(C)cc3C)C2=O)CC1.Cc1cc(C)c(C2C(=O)C/C(=C\C3CCN(S(C)(=O)=O)C3)C2=O)c(C)c1.Cc1cc(C)c(C2C(=O)C/C(=C\C3CCOC3)C2=O)c(C)c1.Cc1cc(C)c(C2C(=O)CC(CCC3CCOCC3)C2=O)c(C)c1. The van der Waals surface area contributed by atoms with Gasteiger partial charge in [-0.1, -0.05) is 113 Å². The first-order chi connectivity index (χ1) is 58.2. The molecular formula is C102H127N3O17S. The molecule has 5 aromatic carbocycles. The number of amides is 1. The lowest BCUT2D eigenvalue weighted by Gasteiger charge is -2.28. The van der Waals surface area contributed by atoms with E-state index in [0.29, 0.717) is 79.8 Å². The van der Waals surface area contributed by atoms with Crippen molar-refractivity contribution in [3.8, 4) is 0 Å². The van der Waals surface area contributed by atoms with Crippen LogP contribution in [0.15, 0.2) is 107 Å².